The molecule has 1 heterocycles. The molecule has 1 aromatic carbocycles. The second-order valence-electron chi connectivity index (χ2n) is 5.08. The fourth-order valence-corrected chi connectivity index (χ4v) is 2.55. The number of amides is 1. The summed E-state index contributed by atoms with van der Waals surface area (Å²) >= 11 is 0. The molecule has 0 radical (unpaired) electrons. The molecule has 0 spiro atoms. The Labute approximate surface area is 121 Å². The van der Waals surface area contributed by atoms with E-state index in [1.807, 2.05) is 29.6 Å². The van der Waals surface area contributed by atoms with Gasteiger partial charge in [-0.3, -0.25) is 4.79 Å². The van der Waals surface area contributed by atoms with Gasteiger partial charge >= 0.3 is 6.18 Å². The van der Waals surface area contributed by atoms with Crippen molar-refractivity contribution in [2.24, 2.45) is 5.73 Å². The van der Waals surface area contributed by atoms with E-state index in [-0.39, 0.29) is 12.6 Å². The number of nitrogens with one attached hydrogen (secondary N) is 1. The molecule has 1 aliphatic rings. The van der Waals surface area contributed by atoms with Gasteiger partial charge in [-0.1, -0.05) is 18.2 Å². The third-order valence-electron chi connectivity index (χ3n) is 3.56. The molecule has 0 aliphatic carbocycles. The summed E-state index contributed by atoms with van der Waals surface area (Å²) in [5.74, 6) is -0.650. The van der Waals surface area contributed by atoms with Crippen LogP contribution in [0.2, 0.25) is 0 Å². The Morgan fingerprint density at radius 1 is 1.38 bits per heavy atom. The second-order valence-corrected chi connectivity index (χ2v) is 5.08. The molecule has 21 heavy (non-hydrogen) atoms. The van der Waals surface area contributed by atoms with Crippen LogP contribution in [0.25, 0.3) is 0 Å². The van der Waals surface area contributed by atoms with Gasteiger partial charge in [-0.15, -0.1) is 0 Å². The molecule has 1 amide bonds. The second kappa shape index (κ2) is 6.34. The van der Waals surface area contributed by atoms with Gasteiger partial charge in [0.2, 0.25) is 5.91 Å². The molecule has 0 saturated carbocycles. The average Bonchev–Trinajstić information content (AvgIpc) is 2.45. The Kier molecular flexibility index (Phi) is 4.72. The van der Waals surface area contributed by atoms with Crippen LogP contribution in [-0.2, 0) is 11.2 Å². The zero-order valence-electron chi connectivity index (χ0n) is 11.5. The molecule has 0 saturated heterocycles. The standard InChI is InChI=1S/C14H18F3N3O/c15-14(16,17)9-19-13(21)8-20-11(7-18)6-5-10-3-1-2-4-12(10)20/h1-4,11H,5-9,18H2,(H,19,21). The Balaban J connectivity index is 2.07. The summed E-state index contributed by atoms with van der Waals surface area (Å²) in [5, 5.41) is 1.90. The predicted octanol–water partition coefficient (Wildman–Crippen LogP) is 1.44. The number of halogens is 3. The van der Waals surface area contributed by atoms with Crippen molar-refractivity contribution in [3.63, 3.8) is 0 Å². The summed E-state index contributed by atoms with van der Waals surface area (Å²) in [4.78, 5) is 13.5. The van der Waals surface area contributed by atoms with Crippen LogP contribution in [-0.4, -0.2) is 37.8 Å². The molecule has 116 valence electrons. The predicted molar refractivity (Wildman–Crippen MR) is 74.0 cm³/mol. The number of para-hydroxylation sites is 1. The van der Waals surface area contributed by atoms with Crippen molar-refractivity contribution in [1.82, 2.24) is 5.32 Å². The van der Waals surface area contributed by atoms with Crippen molar-refractivity contribution < 1.29 is 18.0 Å². The Bertz CT molecular complexity index is 504. The molecular formula is C14H18F3N3O. The number of fused-ring (bicyclic) bond motifs is 1. The number of anilines is 1. The molecule has 7 heteroatoms. The van der Waals surface area contributed by atoms with Crippen molar-refractivity contribution in [3.05, 3.63) is 29.8 Å². The van der Waals surface area contributed by atoms with E-state index >= 15 is 0 Å². The highest BCUT2D eigenvalue weighted by Crippen LogP contribution is 2.29. The lowest BCUT2D eigenvalue weighted by molar-refractivity contribution is -0.137. The highest BCUT2D eigenvalue weighted by atomic mass is 19.4. The van der Waals surface area contributed by atoms with E-state index in [0.717, 1.165) is 24.1 Å². The Hall–Kier alpha value is -1.76. The fraction of sp³-hybridized carbons (Fsp3) is 0.500. The van der Waals surface area contributed by atoms with Gasteiger partial charge in [-0.05, 0) is 24.5 Å². The molecule has 0 aromatic heterocycles. The normalized spacial score (nSPS) is 18.3. The van der Waals surface area contributed by atoms with Crippen LogP contribution in [0.1, 0.15) is 12.0 Å². The minimum atomic E-state index is -4.40. The van der Waals surface area contributed by atoms with Crippen LogP contribution in [0.5, 0.6) is 0 Å². The SMILES string of the molecule is NCC1CCc2ccccc2N1CC(=O)NCC(F)(F)F. The molecule has 0 bridgehead atoms. The first-order chi connectivity index (χ1) is 9.90. The smallest absolute Gasteiger partial charge is 0.358 e. The topological polar surface area (TPSA) is 58.4 Å². The van der Waals surface area contributed by atoms with Gasteiger partial charge < -0.3 is 16.0 Å². The van der Waals surface area contributed by atoms with Gasteiger partial charge in [0, 0.05) is 18.3 Å². The zero-order valence-corrected chi connectivity index (χ0v) is 11.5. The van der Waals surface area contributed by atoms with Crippen LogP contribution in [0, 0.1) is 0 Å². The largest absolute Gasteiger partial charge is 0.405 e. The fourth-order valence-electron chi connectivity index (χ4n) is 2.55. The summed E-state index contributed by atoms with van der Waals surface area (Å²) in [6.07, 6.45) is -2.75. The molecular weight excluding hydrogens is 283 g/mol. The van der Waals surface area contributed by atoms with Gasteiger partial charge in [0.25, 0.3) is 0 Å². The van der Waals surface area contributed by atoms with Crippen LogP contribution < -0.4 is 16.0 Å². The summed E-state index contributed by atoms with van der Waals surface area (Å²) in [6.45, 7) is -1.07. The lowest BCUT2D eigenvalue weighted by Gasteiger charge is -2.38. The number of hydrogen-bond donors (Lipinski definition) is 2. The number of hydrogen-bond acceptors (Lipinski definition) is 3. The maximum absolute atomic E-state index is 12.1. The van der Waals surface area contributed by atoms with Gasteiger partial charge in [0.05, 0.1) is 6.54 Å². The molecule has 2 rings (SSSR count). The highest BCUT2D eigenvalue weighted by molar-refractivity contribution is 5.82. The van der Waals surface area contributed by atoms with E-state index in [0.29, 0.717) is 6.54 Å². The van der Waals surface area contributed by atoms with Crippen molar-refractivity contribution >= 4 is 11.6 Å². The number of aryl methyl sites for hydroxylation is 1. The van der Waals surface area contributed by atoms with Crippen LogP contribution >= 0.6 is 0 Å². The first-order valence-electron chi connectivity index (χ1n) is 6.79. The van der Waals surface area contributed by atoms with Crippen LogP contribution in [0.4, 0.5) is 18.9 Å². The summed E-state index contributed by atoms with van der Waals surface area (Å²) in [5.41, 5.74) is 7.68. The Morgan fingerprint density at radius 3 is 2.76 bits per heavy atom. The number of rotatable bonds is 4. The van der Waals surface area contributed by atoms with E-state index in [1.54, 1.807) is 4.90 Å². The maximum Gasteiger partial charge on any atom is 0.405 e. The summed E-state index contributed by atoms with van der Waals surface area (Å²) in [6, 6.07) is 7.55. The number of benzene rings is 1. The van der Waals surface area contributed by atoms with Crippen LogP contribution in [0.3, 0.4) is 0 Å². The monoisotopic (exact) mass is 301 g/mol. The van der Waals surface area contributed by atoms with Crippen molar-refractivity contribution in [2.45, 2.75) is 25.1 Å². The average molecular weight is 301 g/mol. The van der Waals surface area contributed by atoms with E-state index in [1.165, 1.54) is 0 Å². The summed E-state index contributed by atoms with van der Waals surface area (Å²) in [7, 11) is 0. The van der Waals surface area contributed by atoms with Crippen molar-refractivity contribution in [3.8, 4) is 0 Å². The highest BCUT2D eigenvalue weighted by Gasteiger charge is 2.30. The number of nitrogens with zero attached hydrogens (tertiary/aromatic N) is 1. The lowest BCUT2D eigenvalue weighted by atomic mass is 9.95. The molecule has 1 unspecified atom stereocenters. The third-order valence-corrected chi connectivity index (χ3v) is 3.56. The maximum atomic E-state index is 12.1. The van der Waals surface area contributed by atoms with Gasteiger partial charge in [0.15, 0.2) is 0 Å². The quantitative estimate of drug-likeness (QED) is 0.885. The first kappa shape index (κ1) is 15.6. The Morgan fingerprint density at radius 2 is 2.10 bits per heavy atom. The number of carbonyl (C=O) groups excluding carboxylic acids is 1. The minimum Gasteiger partial charge on any atom is -0.358 e. The van der Waals surface area contributed by atoms with Gasteiger partial charge in [-0.2, -0.15) is 13.2 Å². The lowest BCUT2D eigenvalue weighted by Crippen LogP contribution is -2.49. The molecule has 1 aromatic rings. The number of nitrogens with two attached hydrogens (primary N) is 1. The van der Waals surface area contributed by atoms with E-state index < -0.39 is 18.6 Å². The summed E-state index contributed by atoms with van der Waals surface area (Å²) < 4.78 is 36.4. The van der Waals surface area contributed by atoms with E-state index in [9.17, 15) is 18.0 Å². The van der Waals surface area contributed by atoms with Crippen molar-refractivity contribution in [2.75, 3.05) is 24.5 Å². The zero-order chi connectivity index (χ0) is 15.5. The molecule has 1 atom stereocenters. The molecule has 0 fully saturated rings. The van der Waals surface area contributed by atoms with Crippen LogP contribution in [0.15, 0.2) is 24.3 Å². The first-order valence-corrected chi connectivity index (χ1v) is 6.79. The van der Waals surface area contributed by atoms with E-state index in [2.05, 4.69) is 0 Å². The molecule has 4 nitrogen and oxygen atoms in total. The number of carbonyl (C=O) groups is 1. The molecule has 3 N–H and O–H groups in total. The molecule has 1 aliphatic heterocycles. The number of alkyl halides is 3. The third kappa shape index (κ3) is 4.10. The van der Waals surface area contributed by atoms with Gasteiger partial charge in [0.1, 0.15) is 6.54 Å². The van der Waals surface area contributed by atoms with Gasteiger partial charge in [-0.25, -0.2) is 0 Å². The minimum absolute atomic E-state index is 0.0310. The van der Waals surface area contributed by atoms with E-state index in [4.69, 9.17) is 5.73 Å². The van der Waals surface area contributed by atoms with Crippen molar-refractivity contribution in [1.29, 1.82) is 0 Å².